The van der Waals surface area contributed by atoms with E-state index in [0.717, 1.165) is 60.3 Å². The van der Waals surface area contributed by atoms with E-state index in [1.165, 1.54) is 6.42 Å². The molecule has 1 aliphatic carbocycles. The van der Waals surface area contributed by atoms with E-state index in [9.17, 15) is 4.79 Å². The maximum Gasteiger partial charge on any atom is 0.256 e. The molecule has 24 heavy (non-hydrogen) atoms. The van der Waals surface area contributed by atoms with Gasteiger partial charge in [0.05, 0.1) is 25.3 Å². The van der Waals surface area contributed by atoms with Gasteiger partial charge >= 0.3 is 0 Å². The number of methoxy groups -OCH3 is 2. The van der Waals surface area contributed by atoms with E-state index in [1.807, 2.05) is 6.07 Å². The Balaban J connectivity index is 2.23. The Morgan fingerprint density at radius 2 is 1.83 bits per heavy atom. The molecule has 1 heterocycles. The lowest BCUT2D eigenvalue weighted by atomic mass is 9.80. The van der Waals surface area contributed by atoms with Crippen LogP contribution in [0, 0.1) is 6.92 Å². The molecule has 1 fully saturated rings. The van der Waals surface area contributed by atoms with E-state index in [2.05, 4.69) is 25.2 Å². The normalized spacial score (nSPS) is 19.6. The van der Waals surface area contributed by atoms with Crippen LogP contribution >= 0.6 is 0 Å². The molecule has 4 heteroatoms. The van der Waals surface area contributed by atoms with E-state index in [4.69, 9.17) is 9.47 Å². The van der Waals surface area contributed by atoms with Gasteiger partial charge < -0.3 is 14.8 Å². The molecule has 3 rings (SSSR count). The van der Waals surface area contributed by atoms with Crippen molar-refractivity contribution in [2.45, 2.75) is 57.9 Å². The lowest BCUT2D eigenvalue weighted by Crippen LogP contribution is -2.46. The molecule has 4 nitrogen and oxygen atoms in total. The summed E-state index contributed by atoms with van der Waals surface area (Å²) in [4.78, 5) is 12.9. The molecule has 0 radical (unpaired) electrons. The van der Waals surface area contributed by atoms with Gasteiger partial charge in [0.2, 0.25) is 0 Å². The standard InChI is InChI=1S/C20H27NO3/c1-5-14-11-13(2)12-15(23-3)16(14)17-18(24-4)20(21-19(17)22)9-7-6-8-10-20/h11-12H,5-10H2,1-4H3,(H,21,22). The van der Waals surface area contributed by atoms with Gasteiger partial charge in [-0.05, 0) is 43.4 Å². The fourth-order valence-electron chi connectivity index (χ4n) is 4.26. The fourth-order valence-corrected chi connectivity index (χ4v) is 4.26. The van der Waals surface area contributed by atoms with E-state index in [0.29, 0.717) is 5.57 Å². The first kappa shape index (κ1) is 16.9. The summed E-state index contributed by atoms with van der Waals surface area (Å²) < 4.78 is 11.4. The SMILES string of the molecule is CCc1cc(C)cc(OC)c1C1=C(OC)C2(CCCCC2)NC1=O. The van der Waals surface area contributed by atoms with Gasteiger partial charge in [-0.3, -0.25) is 4.79 Å². The molecule has 0 aromatic heterocycles. The number of carbonyl (C=O) groups excluding carboxylic acids is 1. The van der Waals surface area contributed by atoms with Gasteiger partial charge in [-0.25, -0.2) is 0 Å². The van der Waals surface area contributed by atoms with Crippen molar-refractivity contribution < 1.29 is 14.3 Å². The number of aryl methyl sites for hydroxylation is 2. The van der Waals surface area contributed by atoms with Gasteiger partial charge in [0.25, 0.3) is 5.91 Å². The average Bonchev–Trinajstić information content (AvgIpc) is 2.85. The van der Waals surface area contributed by atoms with Crippen LogP contribution in [0.2, 0.25) is 0 Å². The Labute approximate surface area is 144 Å². The third-order valence-corrected chi connectivity index (χ3v) is 5.33. The van der Waals surface area contributed by atoms with Gasteiger partial charge in [-0.15, -0.1) is 0 Å². The topological polar surface area (TPSA) is 47.6 Å². The maximum absolute atomic E-state index is 12.9. The number of amides is 1. The van der Waals surface area contributed by atoms with Crippen LogP contribution in [-0.4, -0.2) is 25.7 Å². The average molecular weight is 329 g/mol. The zero-order valence-electron chi connectivity index (χ0n) is 15.1. The minimum absolute atomic E-state index is 0.0365. The first-order chi connectivity index (χ1) is 11.6. The molecule has 1 aromatic carbocycles. The molecular formula is C20H27NO3. The number of hydrogen-bond donors (Lipinski definition) is 1. The molecule has 0 saturated heterocycles. The van der Waals surface area contributed by atoms with E-state index >= 15 is 0 Å². The van der Waals surface area contributed by atoms with Crippen LogP contribution in [-0.2, 0) is 16.0 Å². The highest BCUT2D eigenvalue weighted by Gasteiger charge is 2.48. The molecular weight excluding hydrogens is 302 g/mol. The Kier molecular flexibility index (Phi) is 4.57. The number of ether oxygens (including phenoxy) is 2. The highest BCUT2D eigenvalue weighted by molar-refractivity contribution is 6.24. The zero-order chi connectivity index (χ0) is 17.3. The molecule has 130 valence electrons. The summed E-state index contributed by atoms with van der Waals surface area (Å²) >= 11 is 0. The maximum atomic E-state index is 12.9. The number of hydrogen-bond acceptors (Lipinski definition) is 3. The smallest absolute Gasteiger partial charge is 0.256 e. The quantitative estimate of drug-likeness (QED) is 0.915. The van der Waals surface area contributed by atoms with Crippen LogP contribution in [0.3, 0.4) is 0 Å². The Bertz CT molecular complexity index is 659. The predicted molar refractivity (Wildman–Crippen MR) is 95.0 cm³/mol. The van der Waals surface area contributed by atoms with Crippen molar-refractivity contribution in [2.75, 3.05) is 14.2 Å². The summed E-state index contributed by atoms with van der Waals surface area (Å²) in [5.74, 6) is 1.51. The lowest BCUT2D eigenvalue weighted by Gasteiger charge is -2.34. The summed E-state index contributed by atoms with van der Waals surface area (Å²) in [6.45, 7) is 4.16. The largest absolute Gasteiger partial charge is 0.498 e. The summed E-state index contributed by atoms with van der Waals surface area (Å²) in [7, 11) is 3.34. The molecule has 0 unspecified atom stereocenters. The first-order valence-corrected chi connectivity index (χ1v) is 8.85. The van der Waals surface area contributed by atoms with E-state index < -0.39 is 0 Å². The van der Waals surface area contributed by atoms with Gasteiger partial charge in [0.1, 0.15) is 11.5 Å². The molecule has 1 aliphatic heterocycles. The second-order valence-electron chi connectivity index (χ2n) is 6.86. The van der Waals surface area contributed by atoms with Crippen LogP contribution in [0.5, 0.6) is 5.75 Å². The Morgan fingerprint density at radius 1 is 1.12 bits per heavy atom. The third kappa shape index (κ3) is 2.58. The summed E-state index contributed by atoms with van der Waals surface area (Å²) in [6.07, 6.45) is 6.19. The lowest BCUT2D eigenvalue weighted by molar-refractivity contribution is -0.116. The predicted octanol–water partition coefficient (Wildman–Crippen LogP) is 3.76. The first-order valence-electron chi connectivity index (χ1n) is 8.85. The van der Waals surface area contributed by atoms with Gasteiger partial charge in [0, 0.05) is 5.56 Å². The minimum atomic E-state index is -0.333. The molecule has 2 aliphatic rings. The molecule has 0 bridgehead atoms. The van der Waals surface area contributed by atoms with Crippen LogP contribution in [0.4, 0.5) is 0 Å². The van der Waals surface area contributed by atoms with Crippen molar-refractivity contribution in [1.82, 2.24) is 5.32 Å². The summed E-state index contributed by atoms with van der Waals surface area (Å²) in [5.41, 5.74) is 3.48. The van der Waals surface area contributed by atoms with Crippen LogP contribution < -0.4 is 10.1 Å². The highest BCUT2D eigenvalue weighted by Crippen LogP contribution is 2.45. The van der Waals surface area contributed by atoms with Crippen LogP contribution in [0.1, 0.15) is 55.7 Å². The minimum Gasteiger partial charge on any atom is -0.498 e. The van der Waals surface area contributed by atoms with Crippen molar-refractivity contribution in [3.8, 4) is 5.75 Å². The molecule has 0 atom stereocenters. The monoisotopic (exact) mass is 329 g/mol. The molecule has 1 aromatic rings. The summed E-state index contributed by atoms with van der Waals surface area (Å²) in [6, 6.07) is 4.13. The molecule has 1 N–H and O–H groups in total. The van der Waals surface area contributed by atoms with Gasteiger partial charge in [-0.1, -0.05) is 32.3 Å². The van der Waals surface area contributed by atoms with Crippen molar-refractivity contribution in [2.24, 2.45) is 0 Å². The van der Waals surface area contributed by atoms with Crippen LogP contribution in [0.15, 0.2) is 17.9 Å². The summed E-state index contributed by atoms with van der Waals surface area (Å²) in [5, 5.41) is 3.24. The van der Waals surface area contributed by atoms with Crippen molar-refractivity contribution >= 4 is 11.5 Å². The number of nitrogens with one attached hydrogen (secondary N) is 1. The third-order valence-electron chi connectivity index (χ3n) is 5.33. The van der Waals surface area contributed by atoms with E-state index in [1.54, 1.807) is 14.2 Å². The van der Waals surface area contributed by atoms with Gasteiger partial charge in [0.15, 0.2) is 0 Å². The van der Waals surface area contributed by atoms with Gasteiger partial charge in [-0.2, -0.15) is 0 Å². The van der Waals surface area contributed by atoms with Crippen molar-refractivity contribution in [1.29, 1.82) is 0 Å². The number of rotatable bonds is 4. The number of benzene rings is 1. The zero-order valence-corrected chi connectivity index (χ0v) is 15.1. The number of carbonyl (C=O) groups is 1. The van der Waals surface area contributed by atoms with E-state index in [-0.39, 0.29) is 11.4 Å². The molecule has 1 saturated carbocycles. The fraction of sp³-hybridized carbons (Fsp3) is 0.550. The Hall–Kier alpha value is -1.97. The second kappa shape index (κ2) is 6.50. The van der Waals surface area contributed by atoms with Crippen molar-refractivity contribution in [3.05, 3.63) is 34.6 Å². The second-order valence-corrected chi connectivity index (χ2v) is 6.86. The Morgan fingerprint density at radius 3 is 2.42 bits per heavy atom. The molecule has 1 amide bonds. The van der Waals surface area contributed by atoms with Crippen molar-refractivity contribution in [3.63, 3.8) is 0 Å². The molecule has 1 spiro atoms. The highest BCUT2D eigenvalue weighted by atomic mass is 16.5. The van der Waals surface area contributed by atoms with Crippen LogP contribution in [0.25, 0.3) is 5.57 Å².